The van der Waals surface area contributed by atoms with Gasteiger partial charge in [-0.15, -0.1) is 0 Å². The molecule has 0 unspecified atom stereocenters. The number of methoxy groups -OCH3 is 2. The van der Waals surface area contributed by atoms with Crippen molar-refractivity contribution in [3.8, 4) is 11.5 Å². The van der Waals surface area contributed by atoms with Crippen molar-refractivity contribution in [1.82, 2.24) is 0 Å². The fraction of sp³-hybridized carbons (Fsp3) is 0.300. The summed E-state index contributed by atoms with van der Waals surface area (Å²) in [6.45, 7) is 0.0748. The number of carbonyl (C=O) groups is 1. The molecule has 0 radical (unpaired) electrons. The number of hydrogen-bond acceptors (Lipinski definition) is 5. The van der Waals surface area contributed by atoms with E-state index in [4.69, 9.17) is 9.47 Å². The average Bonchev–Trinajstić information content (AvgIpc) is 2.27. The van der Waals surface area contributed by atoms with E-state index in [1.54, 1.807) is 0 Å². The maximum absolute atomic E-state index is 11.2. The molecule has 0 aliphatic heterocycles. The summed E-state index contributed by atoms with van der Waals surface area (Å²) in [6.07, 6.45) is 0. The van der Waals surface area contributed by atoms with E-state index < -0.39 is 5.97 Å². The first-order valence-corrected chi connectivity index (χ1v) is 4.22. The SMILES string of the molecule is COCOc1ccc(O)c(C(=O)OC)c1. The van der Waals surface area contributed by atoms with E-state index in [9.17, 15) is 9.90 Å². The number of benzene rings is 1. The van der Waals surface area contributed by atoms with Gasteiger partial charge in [0.2, 0.25) is 0 Å². The lowest BCUT2D eigenvalue weighted by Gasteiger charge is -2.07. The molecule has 0 saturated carbocycles. The van der Waals surface area contributed by atoms with E-state index in [0.29, 0.717) is 5.75 Å². The molecule has 82 valence electrons. The van der Waals surface area contributed by atoms with E-state index in [2.05, 4.69) is 4.74 Å². The van der Waals surface area contributed by atoms with Gasteiger partial charge < -0.3 is 19.3 Å². The number of esters is 1. The third-order valence-corrected chi connectivity index (χ3v) is 1.72. The van der Waals surface area contributed by atoms with E-state index in [1.807, 2.05) is 0 Å². The first kappa shape index (κ1) is 11.3. The number of phenols is 1. The van der Waals surface area contributed by atoms with Gasteiger partial charge in [0, 0.05) is 7.11 Å². The smallest absolute Gasteiger partial charge is 0.341 e. The lowest BCUT2D eigenvalue weighted by Crippen LogP contribution is -2.04. The molecule has 0 aromatic heterocycles. The first-order chi connectivity index (χ1) is 7.19. The second-order valence-electron chi connectivity index (χ2n) is 2.72. The predicted molar refractivity (Wildman–Crippen MR) is 52.0 cm³/mol. The monoisotopic (exact) mass is 212 g/mol. The molecule has 5 heteroatoms. The molecule has 0 atom stereocenters. The van der Waals surface area contributed by atoms with E-state index in [1.165, 1.54) is 32.4 Å². The number of ether oxygens (including phenoxy) is 3. The largest absolute Gasteiger partial charge is 0.507 e. The summed E-state index contributed by atoms with van der Waals surface area (Å²) in [6, 6.07) is 4.28. The second kappa shape index (κ2) is 5.21. The molecule has 0 aliphatic rings. The van der Waals surface area contributed by atoms with Crippen molar-refractivity contribution in [2.24, 2.45) is 0 Å². The minimum Gasteiger partial charge on any atom is -0.507 e. The van der Waals surface area contributed by atoms with Crippen LogP contribution in [0.1, 0.15) is 10.4 Å². The lowest BCUT2D eigenvalue weighted by molar-refractivity contribution is 0.0502. The Bertz CT molecular complexity index is 348. The van der Waals surface area contributed by atoms with Gasteiger partial charge in [-0.2, -0.15) is 0 Å². The molecule has 5 nitrogen and oxygen atoms in total. The van der Waals surface area contributed by atoms with Crippen molar-refractivity contribution in [3.05, 3.63) is 23.8 Å². The van der Waals surface area contributed by atoms with Gasteiger partial charge >= 0.3 is 5.97 Å². The van der Waals surface area contributed by atoms with Gasteiger partial charge in [0.05, 0.1) is 7.11 Å². The van der Waals surface area contributed by atoms with Gasteiger partial charge in [-0.05, 0) is 18.2 Å². The normalized spacial score (nSPS) is 9.73. The van der Waals surface area contributed by atoms with Crippen LogP contribution in [0.25, 0.3) is 0 Å². The highest BCUT2D eigenvalue weighted by Crippen LogP contribution is 2.23. The molecule has 15 heavy (non-hydrogen) atoms. The molecule has 0 fully saturated rings. The highest BCUT2D eigenvalue weighted by Gasteiger charge is 2.12. The van der Waals surface area contributed by atoms with Crippen LogP contribution in [0.3, 0.4) is 0 Å². The number of hydrogen-bond donors (Lipinski definition) is 1. The van der Waals surface area contributed by atoms with Crippen LogP contribution in [0.5, 0.6) is 11.5 Å². The van der Waals surface area contributed by atoms with Crippen molar-refractivity contribution < 1.29 is 24.1 Å². The Labute approximate surface area is 87.2 Å². The van der Waals surface area contributed by atoms with E-state index >= 15 is 0 Å². The van der Waals surface area contributed by atoms with Crippen molar-refractivity contribution in [2.75, 3.05) is 21.0 Å². The fourth-order valence-corrected chi connectivity index (χ4v) is 1.01. The summed E-state index contributed by atoms with van der Waals surface area (Å²) in [7, 11) is 2.73. The summed E-state index contributed by atoms with van der Waals surface area (Å²) < 4.78 is 14.3. The van der Waals surface area contributed by atoms with Crippen molar-refractivity contribution in [3.63, 3.8) is 0 Å². The lowest BCUT2D eigenvalue weighted by atomic mass is 10.2. The minimum absolute atomic E-state index is 0.0612. The Morgan fingerprint density at radius 2 is 2.13 bits per heavy atom. The molecule has 0 spiro atoms. The number of aromatic hydroxyl groups is 1. The molecule has 1 N–H and O–H groups in total. The summed E-state index contributed by atoms with van der Waals surface area (Å²) in [5, 5.41) is 9.37. The van der Waals surface area contributed by atoms with Gasteiger partial charge in [0.25, 0.3) is 0 Å². The molecular formula is C10H12O5. The molecule has 0 amide bonds. The Balaban J connectivity index is 2.89. The van der Waals surface area contributed by atoms with Crippen LogP contribution in [-0.2, 0) is 9.47 Å². The number of phenolic OH excluding ortho intramolecular Hbond substituents is 1. The highest BCUT2D eigenvalue weighted by atomic mass is 16.7. The fourth-order valence-electron chi connectivity index (χ4n) is 1.01. The van der Waals surface area contributed by atoms with Gasteiger partial charge in [-0.1, -0.05) is 0 Å². The van der Waals surface area contributed by atoms with Crippen LogP contribution in [0.2, 0.25) is 0 Å². The zero-order valence-corrected chi connectivity index (χ0v) is 8.52. The Kier molecular flexibility index (Phi) is 3.93. The Hall–Kier alpha value is -1.75. The predicted octanol–water partition coefficient (Wildman–Crippen LogP) is 1.16. The Morgan fingerprint density at radius 1 is 1.40 bits per heavy atom. The maximum Gasteiger partial charge on any atom is 0.341 e. The summed E-state index contributed by atoms with van der Waals surface area (Å²) in [5.41, 5.74) is 0.0612. The van der Waals surface area contributed by atoms with Crippen LogP contribution < -0.4 is 4.74 Å². The second-order valence-corrected chi connectivity index (χ2v) is 2.72. The van der Waals surface area contributed by atoms with Crippen molar-refractivity contribution >= 4 is 5.97 Å². The summed E-state index contributed by atoms with van der Waals surface area (Å²) in [4.78, 5) is 11.2. The number of carbonyl (C=O) groups excluding carboxylic acids is 1. The third-order valence-electron chi connectivity index (χ3n) is 1.72. The van der Waals surface area contributed by atoms with Gasteiger partial charge in [0.15, 0.2) is 6.79 Å². The highest BCUT2D eigenvalue weighted by molar-refractivity contribution is 5.92. The van der Waals surface area contributed by atoms with Gasteiger partial charge in [-0.25, -0.2) is 4.79 Å². The van der Waals surface area contributed by atoms with Crippen LogP contribution in [-0.4, -0.2) is 32.1 Å². The molecule has 1 aromatic carbocycles. The topological polar surface area (TPSA) is 65.0 Å². The van der Waals surface area contributed by atoms with Gasteiger partial charge in [-0.3, -0.25) is 0 Å². The van der Waals surface area contributed by atoms with Crippen LogP contribution in [0.15, 0.2) is 18.2 Å². The molecule has 1 rings (SSSR count). The molecule has 0 saturated heterocycles. The minimum atomic E-state index is -0.615. The Morgan fingerprint density at radius 3 is 2.73 bits per heavy atom. The van der Waals surface area contributed by atoms with Crippen LogP contribution >= 0.6 is 0 Å². The van der Waals surface area contributed by atoms with Crippen molar-refractivity contribution in [1.29, 1.82) is 0 Å². The van der Waals surface area contributed by atoms with Gasteiger partial charge in [0.1, 0.15) is 17.1 Å². The molecule has 0 bridgehead atoms. The first-order valence-electron chi connectivity index (χ1n) is 4.22. The summed E-state index contributed by atoms with van der Waals surface area (Å²) >= 11 is 0. The molecule has 0 aliphatic carbocycles. The van der Waals surface area contributed by atoms with E-state index in [-0.39, 0.29) is 18.1 Å². The molecular weight excluding hydrogens is 200 g/mol. The average molecular weight is 212 g/mol. The zero-order chi connectivity index (χ0) is 11.3. The number of rotatable bonds is 4. The maximum atomic E-state index is 11.2. The van der Waals surface area contributed by atoms with Crippen LogP contribution in [0, 0.1) is 0 Å². The van der Waals surface area contributed by atoms with E-state index in [0.717, 1.165) is 0 Å². The molecule has 1 aromatic rings. The van der Waals surface area contributed by atoms with Crippen molar-refractivity contribution in [2.45, 2.75) is 0 Å². The zero-order valence-electron chi connectivity index (χ0n) is 8.52. The quantitative estimate of drug-likeness (QED) is 0.599. The van der Waals surface area contributed by atoms with Crippen LogP contribution in [0.4, 0.5) is 0 Å². The standard InChI is InChI=1S/C10H12O5/c1-13-6-15-7-3-4-9(11)8(5-7)10(12)14-2/h3-5,11H,6H2,1-2H3. The third kappa shape index (κ3) is 2.85. The summed E-state index contributed by atoms with van der Waals surface area (Å²) in [5.74, 6) is -0.336. The molecule has 0 heterocycles.